The first kappa shape index (κ1) is 16.0. The highest BCUT2D eigenvalue weighted by Crippen LogP contribution is 2.24. The van der Waals surface area contributed by atoms with Gasteiger partial charge in [0.15, 0.2) is 0 Å². The van der Waals surface area contributed by atoms with Crippen LogP contribution in [0.25, 0.3) is 0 Å². The highest BCUT2D eigenvalue weighted by molar-refractivity contribution is 9.10. The maximum atomic E-state index is 11.8. The van der Waals surface area contributed by atoms with Gasteiger partial charge in [-0.25, -0.2) is 0 Å². The van der Waals surface area contributed by atoms with Crippen molar-refractivity contribution >= 4 is 21.8 Å². The molecule has 19 heavy (non-hydrogen) atoms. The number of benzene rings is 1. The van der Waals surface area contributed by atoms with E-state index in [1.54, 1.807) is 12.1 Å². The van der Waals surface area contributed by atoms with Crippen molar-refractivity contribution in [3.8, 4) is 5.75 Å². The number of nitrogens with one attached hydrogen (secondary N) is 1. The van der Waals surface area contributed by atoms with Crippen molar-refractivity contribution in [3.05, 3.63) is 28.2 Å². The van der Waals surface area contributed by atoms with Gasteiger partial charge in [0, 0.05) is 18.7 Å². The Kier molecular flexibility index (Phi) is 6.87. The third kappa shape index (κ3) is 6.07. The molecule has 4 nitrogen and oxygen atoms in total. The Hall–Kier alpha value is -1.07. The van der Waals surface area contributed by atoms with Crippen molar-refractivity contribution in [2.45, 2.75) is 20.3 Å². The molecule has 1 aromatic rings. The van der Waals surface area contributed by atoms with Crippen LogP contribution >= 0.6 is 15.9 Å². The number of halogens is 1. The van der Waals surface area contributed by atoms with Crippen molar-refractivity contribution in [1.82, 2.24) is 5.32 Å². The first-order valence-corrected chi connectivity index (χ1v) is 7.14. The van der Waals surface area contributed by atoms with Gasteiger partial charge in [-0.2, -0.15) is 0 Å². The summed E-state index contributed by atoms with van der Waals surface area (Å²) in [6.07, 6.45) is 1.02. The number of phenolic OH excluding ortho intramolecular Hbond substituents is 1. The van der Waals surface area contributed by atoms with Gasteiger partial charge in [0.1, 0.15) is 5.75 Å². The standard InChI is InChI=1S/C14H20BrNO3/c1-10(2)5-7-19-8-6-16-14(18)11-3-4-12(15)13(17)9-11/h3-4,9-10,17H,5-8H2,1-2H3,(H,16,18). The largest absolute Gasteiger partial charge is 0.507 e. The summed E-state index contributed by atoms with van der Waals surface area (Å²) < 4.78 is 5.97. The Morgan fingerprint density at radius 1 is 1.42 bits per heavy atom. The van der Waals surface area contributed by atoms with Crippen LogP contribution in [-0.4, -0.2) is 30.8 Å². The van der Waals surface area contributed by atoms with E-state index >= 15 is 0 Å². The second kappa shape index (κ2) is 8.17. The summed E-state index contributed by atoms with van der Waals surface area (Å²) in [6.45, 7) is 5.97. The minimum atomic E-state index is -0.213. The van der Waals surface area contributed by atoms with Crippen molar-refractivity contribution < 1.29 is 14.6 Å². The quantitative estimate of drug-likeness (QED) is 0.756. The van der Waals surface area contributed by atoms with E-state index in [2.05, 4.69) is 35.1 Å². The lowest BCUT2D eigenvalue weighted by atomic mass is 10.1. The molecule has 106 valence electrons. The zero-order chi connectivity index (χ0) is 14.3. The molecule has 0 aliphatic rings. The van der Waals surface area contributed by atoms with Gasteiger partial charge in [-0.15, -0.1) is 0 Å². The maximum absolute atomic E-state index is 11.8. The van der Waals surface area contributed by atoms with Crippen LogP contribution in [0.2, 0.25) is 0 Å². The molecule has 0 heterocycles. The van der Waals surface area contributed by atoms with Gasteiger partial charge in [-0.3, -0.25) is 4.79 Å². The summed E-state index contributed by atoms with van der Waals surface area (Å²) in [5.74, 6) is 0.469. The van der Waals surface area contributed by atoms with E-state index < -0.39 is 0 Å². The number of hydrogen-bond acceptors (Lipinski definition) is 3. The SMILES string of the molecule is CC(C)CCOCCNC(=O)c1ccc(Br)c(O)c1. The minimum Gasteiger partial charge on any atom is -0.507 e. The van der Waals surface area contributed by atoms with Crippen molar-refractivity contribution in [3.63, 3.8) is 0 Å². The number of carbonyl (C=O) groups is 1. The van der Waals surface area contributed by atoms with Gasteiger partial charge in [0.2, 0.25) is 0 Å². The predicted molar refractivity (Wildman–Crippen MR) is 78.4 cm³/mol. The Morgan fingerprint density at radius 3 is 2.79 bits per heavy atom. The van der Waals surface area contributed by atoms with Crippen LogP contribution in [-0.2, 0) is 4.74 Å². The molecular weight excluding hydrogens is 310 g/mol. The van der Waals surface area contributed by atoms with E-state index in [0.717, 1.165) is 6.42 Å². The summed E-state index contributed by atoms with van der Waals surface area (Å²) in [6, 6.07) is 4.72. The van der Waals surface area contributed by atoms with Gasteiger partial charge in [-0.1, -0.05) is 13.8 Å². The molecule has 2 N–H and O–H groups in total. The summed E-state index contributed by atoms with van der Waals surface area (Å²) in [7, 11) is 0. The van der Waals surface area contributed by atoms with E-state index in [4.69, 9.17) is 4.74 Å². The molecule has 0 spiro atoms. The predicted octanol–water partition coefficient (Wildman–Crippen LogP) is 2.95. The van der Waals surface area contributed by atoms with Gasteiger partial charge in [0.25, 0.3) is 5.91 Å². The summed E-state index contributed by atoms with van der Waals surface area (Å²) >= 11 is 3.17. The van der Waals surface area contributed by atoms with Gasteiger partial charge in [0.05, 0.1) is 11.1 Å². The monoisotopic (exact) mass is 329 g/mol. The van der Waals surface area contributed by atoms with E-state index in [1.165, 1.54) is 6.07 Å². The molecule has 0 radical (unpaired) electrons. The molecule has 0 unspecified atom stereocenters. The maximum Gasteiger partial charge on any atom is 0.251 e. The highest BCUT2D eigenvalue weighted by Gasteiger charge is 2.07. The molecule has 0 atom stereocenters. The third-order valence-electron chi connectivity index (χ3n) is 2.58. The Balaban J connectivity index is 2.26. The lowest BCUT2D eigenvalue weighted by molar-refractivity contribution is 0.0905. The molecule has 0 bridgehead atoms. The number of rotatable bonds is 7. The van der Waals surface area contributed by atoms with E-state index in [0.29, 0.717) is 35.7 Å². The molecule has 1 rings (SSSR count). The topological polar surface area (TPSA) is 58.6 Å². The Morgan fingerprint density at radius 2 is 2.16 bits per heavy atom. The number of hydrogen-bond donors (Lipinski definition) is 2. The van der Waals surface area contributed by atoms with Gasteiger partial charge >= 0.3 is 0 Å². The van der Waals surface area contributed by atoms with Crippen LogP contribution in [0.4, 0.5) is 0 Å². The summed E-state index contributed by atoms with van der Waals surface area (Å²) in [5, 5.41) is 12.2. The number of ether oxygens (including phenoxy) is 1. The molecule has 0 aromatic heterocycles. The normalized spacial score (nSPS) is 10.7. The Labute approximate surface area is 122 Å². The zero-order valence-electron chi connectivity index (χ0n) is 11.3. The molecule has 0 saturated heterocycles. The van der Waals surface area contributed by atoms with Crippen LogP contribution in [0, 0.1) is 5.92 Å². The van der Waals surface area contributed by atoms with E-state index in [9.17, 15) is 9.90 Å². The summed E-state index contributed by atoms with van der Waals surface area (Å²) in [5.41, 5.74) is 0.433. The molecule has 5 heteroatoms. The zero-order valence-corrected chi connectivity index (χ0v) is 12.9. The molecular formula is C14H20BrNO3. The molecule has 0 saturated carbocycles. The van der Waals surface area contributed by atoms with Gasteiger partial charge < -0.3 is 15.2 Å². The fourth-order valence-corrected chi connectivity index (χ4v) is 1.66. The first-order chi connectivity index (χ1) is 9.00. The lowest BCUT2D eigenvalue weighted by Gasteiger charge is -2.08. The Bertz CT molecular complexity index is 421. The third-order valence-corrected chi connectivity index (χ3v) is 3.25. The molecule has 0 aliphatic heterocycles. The molecule has 1 amide bonds. The first-order valence-electron chi connectivity index (χ1n) is 6.35. The smallest absolute Gasteiger partial charge is 0.251 e. The average Bonchev–Trinajstić information content (AvgIpc) is 2.36. The van der Waals surface area contributed by atoms with Crippen LogP contribution in [0.15, 0.2) is 22.7 Å². The fraction of sp³-hybridized carbons (Fsp3) is 0.500. The second-order valence-corrected chi connectivity index (χ2v) is 5.57. The number of amides is 1. The minimum absolute atomic E-state index is 0.0563. The summed E-state index contributed by atoms with van der Waals surface area (Å²) in [4.78, 5) is 11.8. The van der Waals surface area contributed by atoms with Crippen LogP contribution < -0.4 is 5.32 Å². The van der Waals surface area contributed by atoms with Crippen molar-refractivity contribution in [2.75, 3.05) is 19.8 Å². The second-order valence-electron chi connectivity index (χ2n) is 4.72. The molecule has 0 aliphatic carbocycles. The van der Waals surface area contributed by atoms with Crippen LogP contribution in [0.5, 0.6) is 5.75 Å². The van der Waals surface area contributed by atoms with Gasteiger partial charge in [-0.05, 0) is 46.5 Å². The fourth-order valence-electron chi connectivity index (χ4n) is 1.41. The number of phenols is 1. The number of aromatic hydroxyl groups is 1. The van der Waals surface area contributed by atoms with Crippen LogP contribution in [0.1, 0.15) is 30.6 Å². The number of carbonyl (C=O) groups excluding carboxylic acids is 1. The van der Waals surface area contributed by atoms with E-state index in [1.807, 2.05) is 0 Å². The lowest BCUT2D eigenvalue weighted by Crippen LogP contribution is -2.27. The molecule has 0 fully saturated rings. The highest BCUT2D eigenvalue weighted by atomic mass is 79.9. The van der Waals surface area contributed by atoms with E-state index in [-0.39, 0.29) is 11.7 Å². The average molecular weight is 330 g/mol. The molecule has 1 aromatic carbocycles. The van der Waals surface area contributed by atoms with Crippen molar-refractivity contribution in [2.24, 2.45) is 5.92 Å². The van der Waals surface area contributed by atoms with Crippen molar-refractivity contribution in [1.29, 1.82) is 0 Å². The van der Waals surface area contributed by atoms with Crippen LogP contribution in [0.3, 0.4) is 0 Å².